The minimum absolute atomic E-state index is 0.00444. The molecule has 20 heavy (non-hydrogen) atoms. The summed E-state index contributed by atoms with van der Waals surface area (Å²) in [7, 11) is 0. The summed E-state index contributed by atoms with van der Waals surface area (Å²) in [5.41, 5.74) is 4.37. The summed E-state index contributed by atoms with van der Waals surface area (Å²) in [5, 5.41) is 9.43. The fourth-order valence-corrected chi connectivity index (χ4v) is 3.10. The van der Waals surface area contributed by atoms with Gasteiger partial charge in [-0.1, -0.05) is 42.5 Å². The number of rotatable bonds is 2. The Morgan fingerprint density at radius 3 is 2.80 bits per heavy atom. The third-order valence-electron chi connectivity index (χ3n) is 4.08. The summed E-state index contributed by atoms with van der Waals surface area (Å²) >= 11 is 0. The van der Waals surface area contributed by atoms with Crippen LogP contribution in [0.3, 0.4) is 0 Å². The number of benzene rings is 2. The minimum atomic E-state index is 0.00444. The van der Waals surface area contributed by atoms with Crippen molar-refractivity contribution < 1.29 is 9.84 Å². The first-order valence-corrected chi connectivity index (χ1v) is 6.88. The lowest BCUT2D eigenvalue weighted by molar-refractivity contribution is 0.206. The molecule has 2 aliphatic rings. The van der Waals surface area contributed by atoms with Gasteiger partial charge in [-0.25, -0.2) is 4.99 Å². The van der Waals surface area contributed by atoms with Crippen LogP contribution < -0.4 is 0 Å². The molecule has 1 aliphatic carbocycles. The van der Waals surface area contributed by atoms with E-state index in [1.807, 2.05) is 24.3 Å². The summed E-state index contributed by atoms with van der Waals surface area (Å²) in [6, 6.07) is 16.2. The lowest BCUT2D eigenvalue weighted by Crippen LogP contribution is -2.14. The third-order valence-corrected chi connectivity index (χ3v) is 4.08. The molecule has 3 heteroatoms. The highest BCUT2D eigenvalue weighted by Gasteiger charge is 2.39. The van der Waals surface area contributed by atoms with Gasteiger partial charge in [-0.3, -0.25) is 0 Å². The van der Waals surface area contributed by atoms with Crippen molar-refractivity contribution in [1.82, 2.24) is 0 Å². The second-order valence-electron chi connectivity index (χ2n) is 5.25. The highest BCUT2D eigenvalue weighted by atomic mass is 16.5. The van der Waals surface area contributed by atoms with E-state index in [4.69, 9.17) is 9.73 Å². The molecule has 4 rings (SSSR count). The molecule has 0 unspecified atom stereocenters. The number of nitrogens with zero attached hydrogens (tertiary/aromatic N) is 1. The molecule has 100 valence electrons. The van der Waals surface area contributed by atoms with Gasteiger partial charge in [0.15, 0.2) is 0 Å². The topological polar surface area (TPSA) is 41.8 Å². The maximum absolute atomic E-state index is 9.43. The Kier molecular flexibility index (Phi) is 2.60. The molecule has 2 atom stereocenters. The van der Waals surface area contributed by atoms with Crippen LogP contribution in [-0.2, 0) is 17.8 Å². The predicted molar refractivity (Wildman–Crippen MR) is 76.7 cm³/mol. The highest BCUT2D eigenvalue weighted by Crippen LogP contribution is 2.40. The van der Waals surface area contributed by atoms with E-state index in [0.717, 1.165) is 17.5 Å². The van der Waals surface area contributed by atoms with E-state index in [-0.39, 0.29) is 18.8 Å². The molecular weight excluding hydrogens is 250 g/mol. The van der Waals surface area contributed by atoms with Crippen LogP contribution in [0.4, 0.5) is 0 Å². The Morgan fingerprint density at radius 1 is 1.10 bits per heavy atom. The van der Waals surface area contributed by atoms with E-state index < -0.39 is 0 Å². The maximum Gasteiger partial charge on any atom is 0.217 e. The first kappa shape index (κ1) is 11.7. The van der Waals surface area contributed by atoms with E-state index in [2.05, 4.69) is 24.3 Å². The average molecular weight is 265 g/mol. The van der Waals surface area contributed by atoms with Crippen molar-refractivity contribution in [3.63, 3.8) is 0 Å². The first-order chi connectivity index (χ1) is 9.86. The monoisotopic (exact) mass is 265 g/mol. The lowest BCUT2D eigenvalue weighted by Gasteiger charge is -2.10. The second kappa shape index (κ2) is 4.46. The largest absolute Gasteiger partial charge is 0.471 e. The minimum Gasteiger partial charge on any atom is -0.471 e. The zero-order valence-electron chi connectivity index (χ0n) is 11.0. The molecule has 0 amide bonds. The van der Waals surface area contributed by atoms with Crippen molar-refractivity contribution in [3.8, 4) is 0 Å². The SMILES string of the molecule is OCc1ccccc1C1=N[C@H]2c3ccccc3C[C@H]2O1. The number of aliphatic hydroxyl groups is 1. The molecular formula is C17H15NO2. The molecule has 0 aromatic heterocycles. The molecule has 0 saturated heterocycles. The zero-order valence-corrected chi connectivity index (χ0v) is 11.0. The van der Waals surface area contributed by atoms with Gasteiger partial charge in [0.25, 0.3) is 0 Å². The van der Waals surface area contributed by atoms with E-state index in [9.17, 15) is 5.11 Å². The summed E-state index contributed by atoms with van der Waals surface area (Å²) in [4.78, 5) is 4.75. The van der Waals surface area contributed by atoms with Gasteiger partial charge in [-0.2, -0.15) is 0 Å². The second-order valence-corrected chi connectivity index (χ2v) is 5.25. The predicted octanol–water partition coefficient (Wildman–Crippen LogP) is 2.62. The highest BCUT2D eigenvalue weighted by molar-refractivity contribution is 5.97. The van der Waals surface area contributed by atoms with Crippen LogP contribution >= 0.6 is 0 Å². The Hall–Kier alpha value is -2.13. The van der Waals surface area contributed by atoms with Gasteiger partial charge in [0.05, 0.1) is 6.61 Å². The van der Waals surface area contributed by atoms with Crippen molar-refractivity contribution in [2.75, 3.05) is 0 Å². The Bertz CT molecular complexity index is 693. The zero-order chi connectivity index (χ0) is 13.5. The molecule has 2 aromatic carbocycles. The van der Waals surface area contributed by atoms with Gasteiger partial charge in [-0.05, 0) is 22.8 Å². The molecule has 1 N–H and O–H groups in total. The van der Waals surface area contributed by atoms with Gasteiger partial charge in [-0.15, -0.1) is 0 Å². The molecule has 1 heterocycles. The van der Waals surface area contributed by atoms with Crippen LogP contribution in [0.1, 0.15) is 28.3 Å². The maximum atomic E-state index is 9.43. The lowest BCUT2D eigenvalue weighted by atomic mass is 10.1. The summed E-state index contributed by atoms with van der Waals surface area (Å²) in [6.07, 6.45) is 1.02. The first-order valence-electron chi connectivity index (χ1n) is 6.88. The Balaban J connectivity index is 1.74. The molecule has 0 bridgehead atoms. The van der Waals surface area contributed by atoms with Crippen molar-refractivity contribution in [1.29, 1.82) is 0 Å². The molecule has 1 aliphatic heterocycles. The smallest absolute Gasteiger partial charge is 0.217 e. The van der Waals surface area contributed by atoms with Gasteiger partial charge < -0.3 is 9.84 Å². The van der Waals surface area contributed by atoms with E-state index in [1.165, 1.54) is 11.1 Å². The van der Waals surface area contributed by atoms with E-state index in [0.29, 0.717) is 5.90 Å². The number of ether oxygens (including phenoxy) is 1. The van der Waals surface area contributed by atoms with E-state index in [1.54, 1.807) is 0 Å². The summed E-state index contributed by atoms with van der Waals surface area (Å²) < 4.78 is 6.04. The number of aliphatic hydroxyl groups excluding tert-OH is 1. The third kappa shape index (κ3) is 1.67. The van der Waals surface area contributed by atoms with Crippen LogP contribution in [0, 0.1) is 0 Å². The molecule has 0 radical (unpaired) electrons. The molecule has 0 saturated carbocycles. The standard InChI is InChI=1S/C17H15NO2/c19-10-12-6-2-4-8-14(12)17-18-16-13-7-3-1-5-11(13)9-15(16)20-17/h1-8,15-16,19H,9-10H2/t15-,16+/m1/s1. The van der Waals surface area contributed by atoms with Crippen LogP contribution in [-0.4, -0.2) is 17.1 Å². The molecule has 2 aromatic rings. The van der Waals surface area contributed by atoms with Gasteiger partial charge in [0.2, 0.25) is 5.90 Å². The van der Waals surface area contributed by atoms with Crippen LogP contribution in [0.2, 0.25) is 0 Å². The van der Waals surface area contributed by atoms with Crippen molar-refractivity contribution in [2.24, 2.45) is 4.99 Å². The average Bonchev–Trinajstić information content (AvgIpc) is 3.04. The summed E-state index contributed by atoms with van der Waals surface area (Å²) in [5.74, 6) is 0.666. The summed E-state index contributed by atoms with van der Waals surface area (Å²) in [6.45, 7) is 0.00444. The van der Waals surface area contributed by atoms with E-state index >= 15 is 0 Å². The fourth-order valence-electron chi connectivity index (χ4n) is 3.10. The van der Waals surface area contributed by atoms with Gasteiger partial charge in [0.1, 0.15) is 12.1 Å². The Labute approximate surface area is 117 Å². The van der Waals surface area contributed by atoms with Crippen molar-refractivity contribution in [2.45, 2.75) is 25.2 Å². The van der Waals surface area contributed by atoms with Gasteiger partial charge >= 0.3 is 0 Å². The van der Waals surface area contributed by atoms with Crippen molar-refractivity contribution >= 4 is 5.90 Å². The Morgan fingerprint density at radius 2 is 1.90 bits per heavy atom. The number of hydrogen-bond donors (Lipinski definition) is 1. The number of hydrogen-bond acceptors (Lipinski definition) is 3. The number of aliphatic imine (C=N–C) groups is 1. The van der Waals surface area contributed by atoms with Crippen LogP contribution in [0.25, 0.3) is 0 Å². The van der Waals surface area contributed by atoms with Crippen molar-refractivity contribution in [3.05, 3.63) is 70.8 Å². The normalized spacial score (nSPS) is 22.9. The molecule has 3 nitrogen and oxygen atoms in total. The number of fused-ring (bicyclic) bond motifs is 3. The molecule has 0 fully saturated rings. The van der Waals surface area contributed by atoms with Crippen LogP contribution in [0.15, 0.2) is 53.5 Å². The van der Waals surface area contributed by atoms with Gasteiger partial charge in [0, 0.05) is 12.0 Å². The quantitative estimate of drug-likeness (QED) is 0.907. The fraction of sp³-hybridized carbons (Fsp3) is 0.235. The van der Waals surface area contributed by atoms with Crippen LogP contribution in [0.5, 0.6) is 0 Å². The molecule has 0 spiro atoms.